The molecule has 49 heavy (non-hydrogen) atoms. The van der Waals surface area contributed by atoms with E-state index in [0.717, 1.165) is 46.0 Å². The maximum Gasteiger partial charge on any atom is 0.350 e. The van der Waals surface area contributed by atoms with Gasteiger partial charge >= 0.3 is 11.2 Å². The van der Waals surface area contributed by atoms with Crippen LogP contribution in [0.3, 0.4) is 0 Å². The lowest BCUT2D eigenvalue weighted by Crippen LogP contribution is -2.36. The minimum absolute atomic E-state index is 0.191. The third-order valence-corrected chi connectivity index (χ3v) is 10.8. The number of imide groups is 1. The number of amides is 2. The minimum atomic E-state index is -3.22. The van der Waals surface area contributed by atoms with Crippen LogP contribution >= 0.6 is 96.1 Å². The molecule has 1 aliphatic rings. The van der Waals surface area contributed by atoms with E-state index < -0.39 is 5.20 Å². The number of anilines is 1. The number of nitrogen functional groups attached to an aromatic ring is 1. The molecule has 0 atom stereocenters. The molecular weight excluding hydrogens is 813 g/mol. The van der Waals surface area contributed by atoms with Crippen molar-refractivity contribution in [3.8, 4) is 0 Å². The number of nitrogens with two attached hydrogens (primary N) is 1. The molecule has 252 valence electrons. The summed E-state index contributed by atoms with van der Waals surface area (Å²) in [6.45, 7) is 0. The SMILES string of the molecule is COC(=O)c1sc2ccccc2c1N.Clc1nc(Cl)c2sc3ccccc3c2n1.O=C1Cc2c(sc3ccccc23)C(=O)N1.O=P(Cl)(Cl)Cl. The fourth-order valence-electron chi connectivity index (χ4n) is 4.69. The molecule has 5 heterocycles. The van der Waals surface area contributed by atoms with Crippen LogP contribution in [0.4, 0.5) is 5.69 Å². The van der Waals surface area contributed by atoms with E-state index in [1.54, 1.807) is 11.3 Å². The molecule has 0 spiro atoms. The number of carbonyl (C=O) groups excluding carboxylic acids is 3. The molecule has 0 radical (unpaired) electrons. The van der Waals surface area contributed by atoms with Crippen molar-refractivity contribution in [2.24, 2.45) is 0 Å². The number of ether oxygens (including phenoxy) is 1. The highest BCUT2D eigenvalue weighted by Gasteiger charge is 2.26. The van der Waals surface area contributed by atoms with Crippen molar-refractivity contribution in [1.82, 2.24) is 15.3 Å². The molecule has 0 aliphatic carbocycles. The van der Waals surface area contributed by atoms with Gasteiger partial charge in [-0.15, -0.1) is 34.0 Å². The largest absolute Gasteiger partial charge is 0.465 e. The Kier molecular flexibility index (Phi) is 12.1. The Hall–Kier alpha value is -3.03. The maximum absolute atomic E-state index is 11.5. The second-order valence-corrected chi connectivity index (χ2v) is 20.2. The third kappa shape index (κ3) is 9.02. The summed E-state index contributed by atoms with van der Waals surface area (Å²) in [5.74, 6) is -0.845. The normalized spacial score (nSPS) is 12.3. The van der Waals surface area contributed by atoms with Crippen molar-refractivity contribution in [3.63, 3.8) is 0 Å². The van der Waals surface area contributed by atoms with E-state index in [2.05, 4.69) is 53.7 Å². The number of nitrogens with one attached hydrogen (secondary N) is 1. The Morgan fingerprint density at radius 3 is 1.96 bits per heavy atom. The summed E-state index contributed by atoms with van der Waals surface area (Å²) < 4.78 is 18.3. The molecule has 9 nitrogen and oxygen atoms in total. The molecule has 0 saturated carbocycles. The Balaban J connectivity index is 0.000000134. The maximum atomic E-state index is 11.5. The summed E-state index contributed by atoms with van der Waals surface area (Å²) in [6, 6.07) is 23.4. The van der Waals surface area contributed by atoms with Crippen LogP contribution in [-0.4, -0.2) is 34.9 Å². The molecule has 18 heteroatoms. The summed E-state index contributed by atoms with van der Waals surface area (Å²) in [6.07, 6.45) is 0.311. The number of methoxy groups -OCH3 is 1. The van der Waals surface area contributed by atoms with Gasteiger partial charge in [0.15, 0.2) is 5.15 Å². The van der Waals surface area contributed by atoms with Gasteiger partial charge in [0.2, 0.25) is 11.2 Å². The van der Waals surface area contributed by atoms with Crippen molar-refractivity contribution < 1.29 is 23.7 Å². The topological polar surface area (TPSA) is 141 Å². The average molecular weight is 833 g/mol. The summed E-state index contributed by atoms with van der Waals surface area (Å²) in [7, 11) is 1.35. The molecule has 0 fully saturated rings. The fourth-order valence-corrected chi connectivity index (χ4v) is 8.37. The Labute approximate surface area is 314 Å². The summed E-state index contributed by atoms with van der Waals surface area (Å²) >= 11 is 30.0. The monoisotopic (exact) mass is 830 g/mol. The van der Waals surface area contributed by atoms with Crippen LogP contribution in [0.2, 0.25) is 10.4 Å². The number of halogens is 5. The zero-order chi connectivity index (χ0) is 35.5. The van der Waals surface area contributed by atoms with E-state index in [0.29, 0.717) is 27.0 Å². The first kappa shape index (κ1) is 37.2. The molecule has 4 aromatic heterocycles. The number of rotatable bonds is 1. The van der Waals surface area contributed by atoms with E-state index in [9.17, 15) is 18.9 Å². The quantitative estimate of drug-likeness (QED) is 0.0547. The Morgan fingerprint density at radius 2 is 1.37 bits per heavy atom. The molecule has 0 bridgehead atoms. The molecule has 0 unspecified atom stereocenters. The first-order valence-electron chi connectivity index (χ1n) is 13.6. The highest BCUT2D eigenvalue weighted by atomic mass is 36.0. The lowest BCUT2D eigenvalue weighted by Gasteiger charge is -2.10. The number of carbonyl (C=O) groups is 3. The molecule has 8 rings (SSSR count). The molecule has 2 amide bonds. The van der Waals surface area contributed by atoms with Crippen LogP contribution < -0.4 is 11.1 Å². The van der Waals surface area contributed by atoms with Crippen molar-refractivity contribution in [1.29, 1.82) is 0 Å². The van der Waals surface area contributed by atoms with Gasteiger partial charge in [0.1, 0.15) is 4.88 Å². The number of fused-ring (bicyclic) bond motifs is 7. The molecular formula is C31H20Cl5N4O5PS3. The first-order chi connectivity index (χ1) is 23.2. The zero-order valence-electron chi connectivity index (χ0n) is 24.7. The fraction of sp³-hybridized carbons (Fsp3) is 0.0645. The van der Waals surface area contributed by atoms with E-state index >= 15 is 0 Å². The van der Waals surface area contributed by atoms with Crippen molar-refractivity contribution >= 4 is 160 Å². The number of hydrogen-bond acceptors (Lipinski definition) is 11. The minimum Gasteiger partial charge on any atom is -0.465 e. The van der Waals surface area contributed by atoms with Gasteiger partial charge in [-0.3, -0.25) is 19.5 Å². The number of nitrogens with zero attached hydrogens (tertiary/aromatic N) is 2. The second kappa shape index (κ2) is 15.9. The second-order valence-electron chi connectivity index (χ2n) is 9.75. The number of thiophene rings is 3. The van der Waals surface area contributed by atoms with E-state index in [1.807, 2.05) is 72.8 Å². The number of benzene rings is 3. The van der Waals surface area contributed by atoms with Crippen LogP contribution in [0, 0.1) is 0 Å². The smallest absolute Gasteiger partial charge is 0.350 e. The summed E-state index contributed by atoms with van der Waals surface area (Å²) in [4.78, 5) is 43.4. The lowest BCUT2D eigenvalue weighted by atomic mass is 10.0. The van der Waals surface area contributed by atoms with Gasteiger partial charge in [-0.2, -0.15) is 0 Å². The predicted molar refractivity (Wildman–Crippen MR) is 206 cm³/mol. The third-order valence-electron chi connectivity index (χ3n) is 6.65. The van der Waals surface area contributed by atoms with E-state index in [1.165, 1.54) is 29.8 Å². The van der Waals surface area contributed by atoms with E-state index in [4.69, 9.17) is 28.9 Å². The van der Waals surface area contributed by atoms with Gasteiger partial charge in [-0.25, -0.2) is 14.8 Å². The van der Waals surface area contributed by atoms with Crippen molar-refractivity contribution in [3.05, 3.63) is 98.6 Å². The highest BCUT2D eigenvalue weighted by Crippen LogP contribution is 2.61. The van der Waals surface area contributed by atoms with Gasteiger partial charge in [-0.05, 0) is 74.5 Å². The predicted octanol–water partition coefficient (Wildman–Crippen LogP) is 10.9. The molecule has 3 aromatic carbocycles. The number of hydrogen-bond donors (Lipinski definition) is 2. The van der Waals surface area contributed by atoms with Crippen LogP contribution in [0.1, 0.15) is 24.9 Å². The van der Waals surface area contributed by atoms with Crippen LogP contribution in [-0.2, 0) is 20.5 Å². The van der Waals surface area contributed by atoms with Crippen molar-refractivity contribution in [2.75, 3.05) is 12.8 Å². The lowest BCUT2D eigenvalue weighted by molar-refractivity contribution is -0.119. The molecule has 1 aliphatic heterocycles. The van der Waals surface area contributed by atoms with Gasteiger partial charge in [-0.1, -0.05) is 66.2 Å². The van der Waals surface area contributed by atoms with E-state index in [-0.39, 0.29) is 23.1 Å². The number of aromatic nitrogens is 2. The Bertz CT molecular complexity index is 2420. The van der Waals surface area contributed by atoms with Gasteiger partial charge < -0.3 is 10.5 Å². The van der Waals surface area contributed by atoms with Crippen molar-refractivity contribution in [2.45, 2.75) is 6.42 Å². The van der Waals surface area contributed by atoms with Gasteiger partial charge in [0.05, 0.1) is 34.3 Å². The standard InChI is InChI=1S/C11H7NO2S.C10H4Cl2N2S.C10H9NO2S.Cl3OP/c13-9-5-7-6-3-1-2-4-8(6)15-10(7)11(14)12-9;11-9-8-7(13-10(12)14-9)5-3-1-2-4-6(5)15-8;1-13-10(12)9-8(11)6-4-2-3-5-7(6)14-9;1-5(2,3)4/h1-4H,5H2,(H,12,13,14);1-4H;2-5H,11H2,1H3;. The van der Waals surface area contributed by atoms with Crippen LogP contribution in [0.5, 0.6) is 0 Å². The average Bonchev–Trinajstić information content (AvgIpc) is 3.73. The summed E-state index contributed by atoms with van der Waals surface area (Å²) in [5, 5.41) is 2.74. The van der Waals surface area contributed by atoms with Crippen LogP contribution in [0.25, 0.3) is 40.5 Å². The van der Waals surface area contributed by atoms with Gasteiger partial charge in [0.25, 0.3) is 5.91 Å². The summed E-state index contributed by atoms with van der Waals surface area (Å²) in [5.41, 5.74) is 8.05. The molecule has 3 N–H and O–H groups in total. The number of esters is 1. The zero-order valence-corrected chi connectivity index (χ0v) is 31.8. The molecule has 0 saturated heterocycles. The Morgan fingerprint density at radius 1 is 0.837 bits per heavy atom. The molecule has 7 aromatic rings. The van der Waals surface area contributed by atoms with Crippen LogP contribution in [0.15, 0.2) is 72.8 Å². The first-order valence-corrected chi connectivity index (χ1v) is 21.3. The highest BCUT2D eigenvalue weighted by molar-refractivity contribution is 8.24. The van der Waals surface area contributed by atoms with Gasteiger partial charge in [0, 0.05) is 24.9 Å².